The van der Waals surface area contributed by atoms with Gasteiger partial charge in [-0.15, -0.1) is 0 Å². The molecule has 0 spiro atoms. The minimum Gasteiger partial charge on any atom is -0.545 e. The van der Waals surface area contributed by atoms with Gasteiger partial charge in [-0.3, -0.25) is 4.79 Å². The van der Waals surface area contributed by atoms with Crippen LogP contribution in [0.15, 0.2) is 73.1 Å². The summed E-state index contributed by atoms with van der Waals surface area (Å²) in [5, 5.41) is 24.3. The highest BCUT2D eigenvalue weighted by molar-refractivity contribution is 6.47. The van der Waals surface area contributed by atoms with Crippen LogP contribution in [0.2, 0.25) is 0 Å². The molecule has 3 aromatic rings. The second-order valence-corrected chi connectivity index (χ2v) is 7.12. The summed E-state index contributed by atoms with van der Waals surface area (Å²) in [7, 11) is -1.37. The Bertz CT molecular complexity index is 1070. The Morgan fingerprint density at radius 3 is 2.53 bits per heavy atom. The molecule has 0 bridgehead atoms. The lowest BCUT2D eigenvalue weighted by molar-refractivity contribution is -0.688. The lowest BCUT2D eigenvalue weighted by atomic mass is 9.72. The monoisotopic (exact) mass is 402 g/mol. The molecule has 1 aliphatic heterocycles. The summed E-state index contributed by atoms with van der Waals surface area (Å²) in [5.74, 6) is -2.35. The van der Waals surface area contributed by atoms with Gasteiger partial charge in [0.15, 0.2) is 18.9 Å². The van der Waals surface area contributed by atoms with Gasteiger partial charge in [-0.1, -0.05) is 30.3 Å². The number of amides is 1. The largest absolute Gasteiger partial charge is 0.547 e. The lowest BCUT2D eigenvalue weighted by Crippen LogP contribution is -2.53. The van der Waals surface area contributed by atoms with E-state index in [9.17, 15) is 19.7 Å². The zero-order valence-electron chi connectivity index (χ0n) is 16.0. The van der Waals surface area contributed by atoms with Crippen LogP contribution in [0.5, 0.6) is 5.75 Å². The Balaban J connectivity index is 1.44. The summed E-state index contributed by atoms with van der Waals surface area (Å²) in [6, 6.07) is 17.7. The number of para-hydroxylation sites is 1. The van der Waals surface area contributed by atoms with Crippen LogP contribution >= 0.6 is 0 Å². The first-order valence-corrected chi connectivity index (χ1v) is 9.53. The third kappa shape index (κ3) is 4.18. The second kappa shape index (κ2) is 8.38. The summed E-state index contributed by atoms with van der Waals surface area (Å²) in [5.41, 5.74) is 1.97. The van der Waals surface area contributed by atoms with E-state index in [1.165, 1.54) is 6.07 Å². The van der Waals surface area contributed by atoms with E-state index in [4.69, 9.17) is 4.65 Å². The van der Waals surface area contributed by atoms with Crippen molar-refractivity contribution in [2.24, 2.45) is 0 Å². The zero-order valence-corrected chi connectivity index (χ0v) is 16.0. The number of carbonyl (C=O) groups is 2. The van der Waals surface area contributed by atoms with Gasteiger partial charge >= 0.3 is 7.12 Å². The normalized spacial score (nSPS) is 15.1. The highest BCUT2D eigenvalue weighted by Crippen LogP contribution is 2.29. The van der Waals surface area contributed by atoms with Crippen LogP contribution in [0, 0.1) is 0 Å². The van der Waals surface area contributed by atoms with Gasteiger partial charge < -0.3 is 24.9 Å². The number of pyridine rings is 1. The molecule has 0 saturated heterocycles. The first-order chi connectivity index (χ1) is 14.5. The summed E-state index contributed by atoms with van der Waals surface area (Å²) >= 11 is 0. The Hall–Kier alpha value is -3.65. The molecule has 150 valence electrons. The predicted octanol–water partition coefficient (Wildman–Crippen LogP) is 0.139. The minimum atomic E-state index is -1.38. The molecular formula is C22H19BN2O5. The number of nitrogens with one attached hydrogen (secondary N) is 1. The standard InChI is InChI=1S/C22H19BN2O5/c26-21(16-9-7-15(8-10-16)14-25-11-2-1-3-12-25)24-19-13-17-5-4-6-18(22(27)28)20(17)30-23(19)29/h1-12,19,29H,13-14H2,(H-,24,26,27,28)/t19-/m0/s1. The van der Waals surface area contributed by atoms with Gasteiger partial charge in [0.1, 0.15) is 5.75 Å². The number of nitrogens with zero attached hydrogens (tertiary/aromatic N) is 1. The van der Waals surface area contributed by atoms with Gasteiger partial charge in [-0.25, -0.2) is 4.57 Å². The van der Waals surface area contributed by atoms with Crippen molar-refractivity contribution in [3.8, 4) is 5.75 Å². The number of carbonyl (C=O) groups excluding carboxylic acids is 2. The molecule has 30 heavy (non-hydrogen) atoms. The Labute approximate surface area is 173 Å². The fourth-order valence-corrected chi connectivity index (χ4v) is 3.47. The molecule has 2 heterocycles. The van der Waals surface area contributed by atoms with E-state index >= 15 is 0 Å². The molecule has 1 aliphatic rings. The van der Waals surface area contributed by atoms with Crippen LogP contribution in [0.4, 0.5) is 0 Å². The number of carboxylic acids is 1. The third-order valence-corrected chi connectivity index (χ3v) is 5.01. The van der Waals surface area contributed by atoms with Gasteiger partial charge in [-0.05, 0) is 30.2 Å². The first-order valence-electron chi connectivity index (χ1n) is 9.53. The molecule has 1 atom stereocenters. The fraction of sp³-hybridized carbons (Fsp3) is 0.136. The van der Waals surface area contributed by atoms with E-state index in [0.29, 0.717) is 17.7 Å². The van der Waals surface area contributed by atoms with Crippen molar-refractivity contribution in [3.05, 3.63) is 95.3 Å². The van der Waals surface area contributed by atoms with Gasteiger partial charge in [0.25, 0.3) is 5.91 Å². The van der Waals surface area contributed by atoms with E-state index in [1.807, 2.05) is 47.3 Å². The number of carboxylic acid groups (broad SMARTS) is 1. The van der Waals surface area contributed by atoms with Crippen LogP contribution < -0.4 is 19.6 Å². The molecule has 2 N–H and O–H groups in total. The van der Waals surface area contributed by atoms with E-state index < -0.39 is 19.0 Å². The van der Waals surface area contributed by atoms with Gasteiger partial charge in [0, 0.05) is 28.8 Å². The molecule has 4 rings (SSSR count). The van der Waals surface area contributed by atoms with Crippen molar-refractivity contribution < 1.29 is 28.9 Å². The predicted molar refractivity (Wildman–Crippen MR) is 107 cm³/mol. The highest BCUT2D eigenvalue weighted by Gasteiger charge is 2.37. The maximum absolute atomic E-state index is 12.6. The maximum atomic E-state index is 12.6. The van der Waals surface area contributed by atoms with Crippen LogP contribution in [0.25, 0.3) is 0 Å². The lowest BCUT2D eigenvalue weighted by Gasteiger charge is -2.29. The molecule has 0 radical (unpaired) electrons. The van der Waals surface area contributed by atoms with Crippen LogP contribution in [-0.2, 0) is 13.0 Å². The summed E-state index contributed by atoms with van der Waals surface area (Å²) in [6.45, 7) is 0.690. The Morgan fingerprint density at radius 2 is 1.83 bits per heavy atom. The van der Waals surface area contributed by atoms with E-state index in [0.717, 1.165) is 5.56 Å². The smallest absolute Gasteiger partial charge is 0.545 e. The van der Waals surface area contributed by atoms with Crippen molar-refractivity contribution in [2.75, 3.05) is 0 Å². The van der Waals surface area contributed by atoms with E-state index in [2.05, 4.69) is 5.32 Å². The molecule has 1 amide bonds. The number of hydrogen-bond acceptors (Lipinski definition) is 5. The van der Waals surface area contributed by atoms with Crippen LogP contribution in [0.1, 0.15) is 31.8 Å². The third-order valence-electron chi connectivity index (χ3n) is 5.01. The van der Waals surface area contributed by atoms with Crippen LogP contribution in [-0.4, -0.2) is 30.0 Å². The first kappa shape index (κ1) is 19.7. The van der Waals surface area contributed by atoms with Crippen molar-refractivity contribution in [1.29, 1.82) is 0 Å². The average Bonchev–Trinajstić information content (AvgIpc) is 2.75. The van der Waals surface area contributed by atoms with Crippen molar-refractivity contribution in [1.82, 2.24) is 5.32 Å². The zero-order chi connectivity index (χ0) is 21.1. The number of benzene rings is 2. The number of aromatic carboxylic acids is 1. The molecule has 0 aliphatic carbocycles. The summed E-state index contributed by atoms with van der Waals surface area (Å²) in [4.78, 5) is 23.9. The number of fused-ring (bicyclic) bond motifs is 1. The number of rotatable bonds is 5. The summed E-state index contributed by atoms with van der Waals surface area (Å²) < 4.78 is 7.41. The highest BCUT2D eigenvalue weighted by atomic mass is 16.5. The van der Waals surface area contributed by atoms with E-state index in [1.54, 1.807) is 24.3 Å². The molecule has 7 nitrogen and oxygen atoms in total. The quantitative estimate of drug-likeness (QED) is 0.467. The Kier molecular flexibility index (Phi) is 5.49. The van der Waals surface area contributed by atoms with Gasteiger partial charge in [0.05, 0.1) is 11.9 Å². The van der Waals surface area contributed by atoms with Crippen LogP contribution in [0.3, 0.4) is 0 Å². The molecule has 0 unspecified atom stereocenters. The molecule has 8 heteroatoms. The second-order valence-electron chi connectivity index (χ2n) is 7.12. The van der Waals surface area contributed by atoms with Gasteiger partial charge in [0.2, 0.25) is 0 Å². The van der Waals surface area contributed by atoms with Gasteiger partial charge in [-0.2, -0.15) is 0 Å². The molecular weight excluding hydrogens is 383 g/mol. The topological polar surface area (TPSA) is 103 Å². The molecule has 0 saturated carbocycles. The Morgan fingerprint density at radius 1 is 1.10 bits per heavy atom. The SMILES string of the molecule is O=C(N[C@H]1Cc2cccc(C(=O)[O-])c2OB1O)c1ccc(C[n+]2ccccc2)cc1. The van der Waals surface area contributed by atoms with Crippen molar-refractivity contribution in [3.63, 3.8) is 0 Å². The number of aromatic nitrogens is 1. The van der Waals surface area contributed by atoms with Crippen molar-refractivity contribution >= 4 is 19.0 Å². The minimum absolute atomic E-state index is 0.0817. The maximum Gasteiger partial charge on any atom is 0.547 e. The number of hydrogen-bond donors (Lipinski definition) is 2. The van der Waals surface area contributed by atoms with Crippen molar-refractivity contribution in [2.45, 2.75) is 18.9 Å². The molecule has 1 aromatic heterocycles. The molecule has 0 fully saturated rings. The fourth-order valence-electron chi connectivity index (χ4n) is 3.47. The molecule has 2 aromatic carbocycles. The average molecular weight is 402 g/mol. The summed E-state index contributed by atoms with van der Waals surface area (Å²) in [6.07, 6.45) is 4.18. The van der Waals surface area contributed by atoms with E-state index in [-0.39, 0.29) is 23.6 Å².